The summed E-state index contributed by atoms with van der Waals surface area (Å²) in [5.74, 6) is 0.417. The van der Waals surface area contributed by atoms with E-state index in [-0.39, 0.29) is 18.5 Å². The second kappa shape index (κ2) is 6.84. The molecule has 0 aromatic carbocycles. The average molecular weight is 262 g/mol. The number of hydrogen-bond acceptors (Lipinski definition) is 5. The molecule has 2 rings (SSSR count). The number of anilines is 1. The zero-order valence-electron chi connectivity index (χ0n) is 10.7. The minimum atomic E-state index is -0.167. The van der Waals surface area contributed by atoms with Gasteiger partial charge in [0.05, 0.1) is 12.6 Å². The largest absolute Gasteiger partial charge is 0.302 e. The van der Waals surface area contributed by atoms with Crippen LogP contribution in [0.2, 0.25) is 0 Å². The quantitative estimate of drug-likeness (QED) is 0.599. The van der Waals surface area contributed by atoms with Gasteiger partial charge in [-0.25, -0.2) is 4.98 Å². The van der Waals surface area contributed by atoms with E-state index in [4.69, 9.17) is 0 Å². The molecule has 0 aliphatic carbocycles. The van der Waals surface area contributed by atoms with E-state index in [0.717, 1.165) is 32.1 Å². The van der Waals surface area contributed by atoms with Gasteiger partial charge in [-0.2, -0.15) is 0 Å². The number of aromatic nitrogens is 1. The van der Waals surface area contributed by atoms with Crippen molar-refractivity contribution in [2.45, 2.75) is 25.3 Å². The molecule has 1 saturated heterocycles. The summed E-state index contributed by atoms with van der Waals surface area (Å²) in [7, 11) is 0. The molecule has 1 aliphatic rings. The Labute approximate surface area is 112 Å². The molecular formula is C13H18N4O2. The summed E-state index contributed by atoms with van der Waals surface area (Å²) < 4.78 is 0. The molecular weight excluding hydrogens is 244 g/mol. The molecule has 1 fully saturated rings. The topological polar surface area (TPSA) is 74.3 Å². The van der Waals surface area contributed by atoms with Crippen LogP contribution in [0, 0.1) is 0 Å². The number of aldehydes is 1. The third kappa shape index (κ3) is 4.03. The zero-order valence-corrected chi connectivity index (χ0v) is 10.7. The molecule has 1 atom stereocenters. The molecule has 0 radical (unpaired) electrons. The fourth-order valence-electron chi connectivity index (χ4n) is 2.16. The van der Waals surface area contributed by atoms with Crippen molar-refractivity contribution in [2.75, 3.05) is 18.5 Å². The van der Waals surface area contributed by atoms with Crippen LogP contribution < -0.4 is 10.9 Å². The summed E-state index contributed by atoms with van der Waals surface area (Å²) in [6, 6.07) is 5.26. The van der Waals surface area contributed by atoms with Crippen molar-refractivity contribution in [3.05, 3.63) is 24.4 Å². The molecule has 6 nitrogen and oxygen atoms in total. The van der Waals surface area contributed by atoms with E-state index < -0.39 is 0 Å². The van der Waals surface area contributed by atoms with Gasteiger partial charge in [-0.3, -0.25) is 20.5 Å². The Bertz CT molecular complexity index is 424. The van der Waals surface area contributed by atoms with E-state index >= 15 is 0 Å². The normalized spacial score (nSPS) is 19.7. The first kappa shape index (κ1) is 13.5. The Kier molecular flexibility index (Phi) is 4.85. The van der Waals surface area contributed by atoms with Crippen molar-refractivity contribution in [3.8, 4) is 0 Å². The fourth-order valence-corrected chi connectivity index (χ4v) is 2.16. The maximum atomic E-state index is 11.8. The molecule has 2 heterocycles. The van der Waals surface area contributed by atoms with Crippen LogP contribution in [0.5, 0.6) is 0 Å². The number of hydrogen-bond donors (Lipinski definition) is 2. The lowest BCUT2D eigenvalue weighted by Gasteiger charge is -2.31. The molecule has 0 saturated carbocycles. The van der Waals surface area contributed by atoms with E-state index in [1.54, 1.807) is 18.3 Å². The van der Waals surface area contributed by atoms with E-state index in [1.165, 1.54) is 0 Å². The second-order valence-corrected chi connectivity index (χ2v) is 4.56. The van der Waals surface area contributed by atoms with Gasteiger partial charge in [0.25, 0.3) is 5.91 Å². The van der Waals surface area contributed by atoms with Crippen LogP contribution in [-0.4, -0.2) is 41.2 Å². The smallest absolute Gasteiger partial charge is 0.252 e. The molecule has 19 heavy (non-hydrogen) atoms. The molecule has 1 aromatic heterocycles. The first-order valence-electron chi connectivity index (χ1n) is 6.45. The van der Waals surface area contributed by atoms with E-state index in [1.807, 2.05) is 11.0 Å². The molecule has 1 aliphatic heterocycles. The number of rotatable bonds is 5. The molecule has 1 amide bonds. The summed E-state index contributed by atoms with van der Waals surface area (Å²) in [5.41, 5.74) is 5.32. The van der Waals surface area contributed by atoms with Crippen molar-refractivity contribution in [3.63, 3.8) is 0 Å². The standard InChI is InChI=1S/C13H18N4O2/c18-10-11-5-2-4-8-17(11)9-13(19)16-15-12-6-1-3-7-14-12/h1,3,6-7,10-11H,2,4-5,8-9H2,(H,14,15)(H,16,19). The predicted octanol–water partition coefficient (Wildman–Crippen LogP) is 0.578. The van der Waals surface area contributed by atoms with Gasteiger partial charge < -0.3 is 4.79 Å². The lowest BCUT2D eigenvalue weighted by molar-refractivity contribution is -0.123. The van der Waals surface area contributed by atoms with Gasteiger partial charge in [0, 0.05) is 6.20 Å². The van der Waals surface area contributed by atoms with Crippen molar-refractivity contribution in [1.29, 1.82) is 0 Å². The number of hydrazine groups is 1. The lowest BCUT2D eigenvalue weighted by Crippen LogP contribution is -2.47. The van der Waals surface area contributed by atoms with Crippen LogP contribution in [-0.2, 0) is 9.59 Å². The number of likely N-dealkylation sites (tertiary alicyclic amines) is 1. The number of nitrogens with one attached hydrogen (secondary N) is 2. The SMILES string of the molecule is O=CC1CCCCN1CC(=O)NNc1ccccn1. The Morgan fingerprint density at radius 2 is 2.37 bits per heavy atom. The Morgan fingerprint density at radius 1 is 1.47 bits per heavy atom. The third-order valence-corrected chi connectivity index (χ3v) is 3.16. The van der Waals surface area contributed by atoms with Gasteiger partial charge >= 0.3 is 0 Å². The van der Waals surface area contributed by atoms with Gasteiger partial charge in [-0.15, -0.1) is 0 Å². The summed E-state index contributed by atoms with van der Waals surface area (Å²) >= 11 is 0. The molecule has 2 N–H and O–H groups in total. The van der Waals surface area contributed by atoms with Gasteiger partial charge in [0.15, 0.2) is 0 Å². The van der Waals surface area contributed by atoms with Gasteiger partial charge in [-0.05, 0) is 31.5 Å². The summed E-state index contributed by atoms with van der Waals surface area (Å²) in [6.07, 6.45) is 5.49. The number of amides is 1. The Hall–Kier alpha value is -1.95. The number of pyridine rings is 1. The van der Waals surface area contributed by atoms with Crippen LogP contribution in [0.25, 0.3) is 0 Å². The average Bonchev–Trinajstić information content (AvgIpc) is 2.47. The summed E-state index contributed by atoms with van der Waals surface area (Å²) in [4.78, 5) is 28.7. The monoisotopic (exact) mass is 262 g/mol. The maximum Gasteiger partial charge on any atom is 0.252 e. The van der Waals surface area contributed by atoms with Crippen LogP contribution in [0.1, 0.15) is 19.3 Å². The van der Waals surface area contributed by atoms with Gasteiger partial charge in [0.2, 0.25) is 0 Å². The maximum absolute atomic E-state index is 11.8. The first-order chi connectivity index (χ1) is 9.29. The van der Waals surface area contributed by atoms with Gasteiger partial charge in [0.1, 0.15) is 12.1 Å². The van der Waals surface area contributed by atoms with Crippen LogP contribution in [0.3, 0.4) is 0 Å². The molecule has 1 unspecified atom stereocenters. The number of carbonyl (C=O) groups is 2. The minimum Gasteiger partial charge on any atom is -0.302 e. The zero-order chi connectivity index (χ0) is 13.5. The molecule has 1 aromatic rings. The number of carbonyl (C=O) groups excluding carboxylic acids is 2. The fraction of sp³-hybridized carbons (Fsp3) is 0.462. The molecule has 102 valence electrons. The highest BCUT2D eigenvalue weighted by Crippen LogP contribution is 2.14. The minimum absolute atomic E-state index is 0.130. The van der Waals surface area contributed by atoms with Crippen molar-refractivity contribution < 1.29 is 9.59 Å². The van der Waals surface area contributed by atoms with Crippen LogP contribution in [0.4, 0.5) is 5.82 Å². The summed E-state index contributed by atoms with van der Waals surface area (Å²) in [6.45, 7) is 1.02. The Morgan fingerprint density at radius 3 is 3.11 bits per heavy atom. The number of nitrogens with zero attached hydrogens (tertiary/aromatic N) is 2. The molecule has 0 spiro atoms. The predicted molar refractivity (Wildman–Crippen MR) is 71.3 cm³/mol. The summed E-state index contributed by atoms with van der Waals surface area (Å²) in [5, 5.41) is 0. The first-order valence-corrected chi connectivity index (χ1v) is 6.45. The van der Waals surface area contributed by atoms with Crippen molar-refractivity contribution in [1.82, 2.24) is 15.3 Å². The highest BCUT2D eigenvalue weighted by Gasteiger charge is 2.23. The van der Waals surface area contributed by atoms with E-state index in [0.29, 0.717) is 5.82 Å². The van der Waals surface area contributed by atoms with Crippen LogP contribution >= 0.6 is 0 Å². The second-order valence-electron chi connectivity index (χ2n) is 4.56. The molecule has 0 bridgehead atoms. The Balaban J connectivity index is 1.79. The van der Waals surface area contributed by atoms with Crippen molar-refractivity contribution in [2.24, 2.45) is 0 Å². The third-order valence-electron chi connectivity index (χ3n) is 3.16. The highest BCUT2D eigenvalue weighted by molar-refractivity contribution is 5.79. The van der Waals surface area contributed by atoms with E-state index in [2.05, 4.69) is 15.8 Å². The highest BCUT2D eigenvalue weighted by atomic mass is 16.2. The number of piperidine rings is 1. The van der Waals surface area contributed by atoms with Crippen LogP contribution in [0.15, 0.2) is 24.4 Å². The molecule has 6 heteroatoms. The van der Waals surface area contributed by atoms with E-state index in [9.17, 15) is 9.59 Å². The lowest BCUT2D eigenvalue weighted by atomic mass is 10.0. The van der Waals surface area contributed by atoms with Crippen molar-refractivity contribution >= 4 is 18.0 Å². The van der Waals surface area contributed by atoms with Gasteiger partial charge in [-0.1, -0.05) is 12.5 Å².